The van der Waals surface area contributed by atoms with E-state index in [4.69, 9.17) is 5.73 Å². The molecule has 0 aliphatic rings. The molecule has 0 aliphatic heterocycles. The van der Waals surface area contributed by atoms with Gasteiger partial charge in [-0.3, -0.25) is 14.4 Å². The number of amides is 2. The summed E-state index contributed by atoms with van der Waals surface area (Å²) < 4.78 is 0. The highest BCUT2D eigenvalue weighted by molar-refractivity contribution is 7.80. The van der Waals surface area contributed by atoms with E-state index in [1.807, 2.05) is 0 Å². The zero-order valence-corrected chi connectivity index (χ0v) is 11.7. The maximum atomic E-state index is 12.0. The summed E-state index contributed by atoms with van der Waals surface area (Å²) in [4.78, 5) is 36.0. The fourth-order valence-corrected chi connectivity index (χ4v) is 1.63. The number of ketones is 1. The van der Waals surface area contributed by atoms with E-state index in [0.717, 1.165) is 0 Å². The fourth-order valence-electron chi connectivity index (χ4n) is 1.43. The molecular weight excluding hydrogens is 254 g/mol. The molecule has 0 aromatic rings. The SMILES string of the molecule is CC(=O)CC(NC(=O)CCS)C(=O)N(C)CCN. The van der Waals surface area contributed by atoms with Gasteiger partial charge in [-0.2, -0.15) is 12.6 Å². The molecular formula is C11H21N3O3S. The average Bonchev–Trinajstić information content (AvgIpc) is 2.27. The number of Topliss-reactive ketones (excluding diaryl/α,β-unsaturated/α-hetero) is 1. The summed E-state index contributed by atoms with van der Waals surface area (Å²) >= 11 is 3.94. The van der Waals surface area contributed by atoms with Gasteiger partial charge in [-0.1, -0.05) is 0 Å². The van der Waals surface area contributed by atoms with Crippen molar-refractivity contribution in [1.29, 1.82) is 0 Å². The highest BCUT2D eigenvalue weighted by atomic mass is 32.1. The number of rotatable bonds is 8. The van der Waals surface area contributed by atoms with Crippen molar-refractivity contribution in [3.8, 4) is 0 Å². The molecule has 0 rings (SSSR count). The Morgan fingerprint density at radius 2 is 2.00 bits per heavy atom. The maximum Gasteiger partial charge on any atom is 0.245 e. The smallest absolute Gasteiger partial charge is 0.245 e. The van der Waals surface area contributed by atoms with Crippen LogP contribution in [0.1, 0.15) is 19.8 Å². The van der Waals surface area contributed by atoms with Crippen LogP contribution in [0.15, 0.2) is 0 Å². The van der Waals surface area contributed by atoms with Crippen LogP contribution < -0.4 is 11.1 Å². The van der Waals surface area contributed by atoms with Crippen LogP contribution >= 0.6 is 12.6 Å². The number of carbonyl (C=O) groups is 3. The Morgan fingerprint density at radius 3 is 2.44 bits per heavy atom. The minimum Gasteiger partial charge on any atom is -0.344 e. The molecule has 1 unspecified atom stereocenters. The number of hydrogen-bond acceptors (Lipinski definition) is 5. The van der Waals surface area contributed by atoms with Crippen LogP contribution in [0.4, 0.5) is 0 Å². The number of nitrogens with one attached hydrogen (secondary N) is 1. The monoisotopic (exact) mass is 275 g/mol. The van der Waals surface area contributed by atoms with Crippen LogP contribution in [0.25, 0.3) is 0 Å². The van der Waals surface area contributed by atoms with Crippen LogP contribution in [0.3, 0.4) is 0 Å². The summed E-state index contributed by atoms with van der Waals surface area (Å²) in [6, 6.07) is -0.813. The van der Waals surface area contributed by atoms with Crippen LogP contribution in [-0.2, 0) is 14.4 Å². The van der Waals surface area contributed by atoms with Crippen molar-refractivity contribution < 1.29 is 14.4 Å². The zero-order chi connectivity index (χ0) is 14.1. The van der Waals surface area contributed by atoms with E-state index >= 15 is 0 Å². The lowest BCUT2D eigenvalue weighted by Crippen LogP contribution is -2.49. The highest BCUT2D eigenvalue weighted by Gasteiger charge is 2.24. The van der Waals surface area contributed by atoms with Crippen LogP contribution in [0.2, 0.25) is 0 Å². The molecule has 6 nitrogen and oxygen atoms in total. The van der Waals surface area contributed by atoms with E-state index in [-0.39, 0.29) is 30.4 Å². The Bertz CT molecular complexity index is 310. The fraction of sp³-hybridized carbons (Fsp3) is 0.727. The molecule has 0 spiro atoms. The Kier molecular flexibility index (Phi) is 8.40. The summed E-state index contributed by atoms with van der Waals surface area (Å²) in [5.41, 5.74) is 5.36. The molecule has 0 bridgehead atoms. The van der Waals surface area contributed by atoms with Gasteiger partial charge in [0, 0.05) is 33.0 Å². The molecule has 7 heteroatoms. The van der Waals surface area contributed by atoms with Crippen molar-refractivity contribution in [3.05, 3.63) is 0 Å². The normalized spacial score (nSPS) is 11.8. The van der Waals surface area contributed by atoms with E-state index in [1.54, 1.807) is 7.05 Å². The summed E-state index contributed by atoms with van der Waals surface area (Å²) in [5, 5.41) is 2.55. The standard InChI is InChI=1S/C11H21N3O3S/c1-8(15)7-9(13-10(16)3-6-18)11(17)14(2)5-4-12/h9,18H,3-7,12H2,1-2H3,(H,13,16). The molecule has 2 amide bonds. The number of nitrogens with zero attached hydrogens (tertiary/aromatic N) is 1. The second kappa shape index (κ2) is 8.93. The number of hydrogen-bond donors (Lipinski definition) is 3. The molecule has 18 heavy (non-hydrogen) atoms. The number of likely N-dealkylation sites (N-methyl/N-ethyl adjacent to an activating group) is 1. The Balaban J connectivity index is 4.60. The first-order valence-electron chi connectivity index (χ1n) is 5.77. The van der Waals surface area contributed by atoms with Gasteiger partial charge in [0.15, 0.2) is 0 Å². The lowest BCUT2D eigenvalue weighted by atomic mass is 10.1. The summed E-state index contributed by atoms with van der Waals surface area (Å²) in [6.07, 6.45) is 0.206. The first kappa shape index (κ1) is 16.9. The average molecular weight is 275 g/mol. The molecule has 0 aromatic carbocycles. The van der Waals surface area contributed by atoms with Gasteiger partial charge in [-0.25, -0.2) is 0 Å². The zero-order valence-electron chi connectivity index (χ0n) is 10.8. The van der Waals surface area contributed by atoms with Crippen molar-refractivity contribution in [2.24, 2.45) is 5.73 Å². The van der Waals surface area contributed by atoms with Gasteiger partial charge < -0.3 is 16.0 Å². The number of thiol groups is 1. The van der Waals surface area contributed by atoms with Gasteiger partial charge in [-0.15, -0.1) is 0 Å². The molecule has 104 valence electrons. The summed E-state index contributed by atoms with van der Waals surface area (Å²) in [7, 11) is 1.59. The van der Waals surface area contributed by atoms with Gasteiger partial charge in [0.2, 0.25) is 11.8 Å². The first-order chi connectivity index (χ1) is 8.42. The predicted octanol–water partition coefficient (Wildman–Crippen LogP) is -0.813. The first-order valence-corrected chi connectivity index (χ1v) is 6.40. The third-order valence-electron chi connectivity index (χ3n) is 2.30. The topological polar surface area (TPSA) is 92.5 Å². The molecule has 3 N–H and O–H groups in total. The second-order valence-electron chi connectivity index (χ2n) is 4.05. The highest BCUT2D eigenvalue weighted by Crippen LogP contribution is 2.00. The molecule has 0 radical (unpaired) electrons. The molecule has 0 saturated heterocycles. The third-order valence-corrected chi connectivity index (χ3v) is 2.53. The van der Waals surface area contributed by atoms with Gasteiger partial charge in [0.25, 0.3) is 0 Å². The van der Waals surface area contributed by atoms with E-state index < -0.39 is 6.04 Å². The Morgan fingerprint density at radius 1 is 1.39 bits per heavy atom. The van der Waals surface area contributed by atoms with Gasteiger partial charge in [0.05, 0.1) is 0 Å². The predicted molar refractivity (Wildman–Crippen MR) is 72.4 cm³/mol. The lowest BCUT2D eigenvalue weighted by Gasteiger charge is -2.23. The van der Waals surface area contributed by atoms with E-state index in [2.05, 4.69) is 17.9 Å². The third kappa shape index (κ3) is 6.61. The maximum absolute atomic E-state index is 12.0. The van der Waals surface area contributed by atoms with Crippen molar-refractivity contribution in [3.63, 3.8) is 0 Å². The van der Waals surface area contributed by atoms with Crippen LogP contribution in [0, 0.1) is 0 Å². The van der Waals surface area contributed by atoms with E-state index in [1.165, 1.54) is 11.8 Å². The molecule has 0 fully saturated rings. The molecule has 0 aromatic heterocycles. The van der Waals surface area contributed by atoms with Crippen molar-refractivity contribution >= 4 is 30.2 Å². The van der Waals surface area contributed by atoms with Crippen molar-refractivity contribution in [1.82, 2.24) is 10.2 Å². The lowest BCUT2D eigenvalue weighted by molar-refractivity contribution is -0.136. The van der Waals surface area contributed by atoms with E-state index in [9.17, 15) is 14.4 Å². The quantitative estimate of drug-likeness (QED) is 0.505. The van der Waals surface area contributed by atoms with Gasteiger partial charge in [0.1, 0.15) is 11.8 Å². The van der Waals surface area contributed by atoms with E-state index in [0.29, 0.717) is 18.8 Å². The van der Waals surface area contributed by atoms with Crippen LogP contribution in [-0.4, -0.2) is 54.4 Å². The van der Waals surface area contributed by atoms with Gasteiger partial charge in [-0.05, 0) is 12.7 Å². The molecule has 0 aliphatic carbocycles. The second-order valence-corrected chi connectivity index (χ2v) is 4.50. The number of carbonyl (C=O) groups excluding carboxylic acids is 3. The number of nitrogens with two attached hydrogens (primary N) is 1. The van der Waals surface area contributed by atoms with Crippen LogP contribution in [0.5, 0.6) is 0 Å². The largest absolute Gasteiger partial charge is 0.344 e. The molecule has 0 heterocycles. The molecule has 0 saturated carbocycles. The van der Waals surface area contributed by atoms with Crippen molar-refractivity contribution in [2.75, 3.05) is 25.9 Å². The minimum atomic E-state index is -0.813. The molecule has 1 atom stereocenters. The van der Waals surface area contributed by atoms with Crippen molar-refractivity contribution in [2.45, 2.75) is 25.8 Å². The summed E-state index contributed by atoms with van der Waals surface area (Å²) in [5.74, 6) is -0.347. The van der Waals surface area contributed by atoms with Gasteiger partial charge >= 0.3 is 0 Å². The minimum absolute atomic E-state index is 0.00788. The summed E-state index contributed by atoms with van der Waals surface area (Å²) in [6.45, 7) is 2.10. The Labute approximate surface area is 113 Å². The Hall–Kier alpha value is -1.08.